The van der Waals surface area contributed by atoms with Crippen molar-refractivity contribution in [1.82, 2.24) is 8.87 Å². The normalized spacial score (nSPS) is 16.7. The largest absolute Gasteiger partial charge is 0.390 e. The highest BCUT2D eigenvalue weighted by molar-refractivity contribution is 7.89. The lowest BCUT2D eigenvalue weighted by Gasteiger charge is -2.15. The summed E-state index contributed by atoms with van der Waals surface area (Å²) in [4.78, 5) is 0.257. The van der Waals surface area contributed by atoms with E-state index < -0.39 is 10.0 Å². The zero-order valence-electron chi connectivity index (χ0n) is 10.1. The average molecular weight is 258 g/mol. The van der Waals surface area contributed by atoms with Crippen LogP contribution in [0.4, 0.5) is 0 Å². The molecule has 96 valence electrons. The summed E-state index contributed by atoms with van der Waals surface area (Å²) < 4.78 is 27.5. The Morgan fingerprint density at radius 2 is 2.18 bits per heavy atom. The first-order chi connectivity index (χ1) is 7.95. The highest BCUT2D eigenvalue weighted by Crippen LogP contribution is 2.31. The Morgan fingerprint density at radius 3 is 2.65 bits per heavy atom. The van der Waals surface area contributed by atoms with E-state index in [1.165, 1.54) is 10.4 Å². The smallest absolute Gasteiger partial charge is 0.244 e. The summed E-state index contributed by atoms with van der Waals surface area (Å²) in [6.45, 7) is 0.435. The summed E-state index contributed by atoms with van der Waals surface area (Å²) >= 11 is 0. The lowest BCUT2D eigenvalue weighted by Crippen LogP contribution is -2.28. The van der Waals surface area contributed by atoms with Gasteiger partial charge in [-0.15, -0.1) is 0 Å². The first-order valence-electron chi connectivity index (χ1n) is 5.67. The zero-order valence-corrected chi connectivity index (χ0v) is 10.9. The molecule has 2 rings (SSSR count). The van der Waals surface area contributed by atoms with E-state index in [4.69, 9.17) is 5.11 Å². The Morgan fingerprint density at radius 1 is 1.53 bits per heavy atom. The monoisotopic (exact) mass is 258 g/mol. The summed E-state index contributed by atoms with van der Waals surface area (Å²) in [7, 11) is -0.0664. The van der Waals surface area contributed by atoms with Gasteiger partial charge in [0.25, 0.3) is 0 Å². The molecule has 17 heavy (non-hydrogen) atoms. The van der Waals surface area contributed by atoms with Gasteiger partial charge in [-0.3, -0.25) is 0 Å². The highest BCUT2D eigenvalue weighted by Gasteiger charge is 2.29. The Labute approximate surface area is 102 Å². The molecule has 1 aliphatic rings. The van der Waals surface area contributed by atoms with Crippen LogP contribution in [0.1, 0.15) is 18.5 Å². The van der Waals surface area contributed by atoms with Crippen LogP contribution < -0.4 is 0 Å². The molecule has 0 unspecified atom stereocenters. The van der Waals surface area contributed by atoms with Crippen LogP contribution in [0.3, 0.4) is 0 Å². The molecule has 0 radical (unpaired) electrons. The van der Waals surface area contributed by atoms with Crippen molar-refractivity contribution in [2.45, 2.75) is 24.3 Å². The number of aromatic nitrogens is 1. The SMILES string of the molecule is CN(CC1CC1)S(=O)(=O)c1cc(CO)n(C)c1. The van der Waals surface area contributed by atoms with E-state index in [1.807, 2.05) is 0 Å². The number of hydrogen-bond donors (Lipinski definition) is 1. The molecule has 0 atom stereocenters. The second-order valence-electron chi connectivity index (χ2n) is 4.67. The van der Waals surface area contributed by atoms with Gasteiger partial charge >= 0.3 is 0 Å². The first kappa shape index (κ1) is 12.6. The first-order valence-corrected chi connectivity index (χ1v) is 7.11. The van der Waals surface area contributed by atoms with Gasteiger partial charge in [-0.2, -0.15) is 0 Å². The van der Waals surface area contributed by atoms with Gasteiger partial charge in [0.1, 0.15) is 4.90 Å². The summed E-state index contributed by atoms with van der Waals surface area (Å²) in [5.41, 5.74) is 0.600. The molecule has 0 aromatic carbocycles. The van der Waals surface area contributed by atoms with Crippen molar-refractivity contribution in [3.05, 3.63) is 18.0 Å². The molecule has 0 saturated heterocycles. The fourth-order valence-electron chi connectivity index (χ4n) is 1.82. The second kappa shape index (κ2) is 4.44. The van der Waals surface area contributed by atoms with Gasteiger partial charge in [0, 0.05) is 32.5 Å². The minimum Gasteiger partial charge on any atom is -0.390 e. The van der Waals surface area contributed by atoms with Crippen LogP contribution in [-0.2, 0) is 23.7 Å². The van der Waals surface area contributed by atoms with E-state index in [0.29, 0.717) is 18.2 Å². The molecular formula is C11H18N2O3S. The maximum atomic E-state index is 12.2. The van der Waals surface area contributed by atoms with Crippen molar-refractivity contribution in [2.24, 2.45) is 13.0 Å². The number of aliphatic hydroxyl groups is 1. The molecule has 0 bridgehead atoms. The van der Waals surface area contributed by atoms with Crippen molar-refractivity contribution in [2.75, 3.05) is 13.6 Å². The number of aryl methyl sites for hydroxylation is 1. The maximum absolute atomic E-state index is 12.2. The van der Waals surface area contributed by atoms with E-state index in [9.17, 15) is 8.42 Å². The van der Waals surface area contributed by atoms with Crippen molar-refractivity contribution < 1.29 is 13.5 Å². The standard InChI is InChI=1S/C11H18N2O3S/c1-12-7-11(5-10(12)8-14)17(15,16)13(2)6-9-3-4-9/h5,7,9,14H,3-4,6,8H2,1-2H3. The molecule has 1 saturated carbocycles. The second-order valence-corrected chi connectivity index (χ2v) is 6.71. The number of aliphatic hydroxyl groups excluding tert-OH is 1. The average Bonchev–Trinajstić information content (AvgIpc) is 2.99. The van der Waals surface area contributed by atoms with Crippen LogP contribution in [0.15, 0.2) is 17.2 Å². The predicted molar refractivity (Wildman–Crippen MR) is 63.9 cm³/mol. The molecule has 1 aliphatic carbocycles. The van der Waals surface area contributed by atoms with Crippen LogP contribution in [0.2, 0.25) is 0 Å². The molecular weight excluding hydrogens is 240 g/mol. The van der Waals surface area contributed by atoms with Gasteiger partial charge in [0.05, 0.1) is 6.61 Å². The quantitative estimate of drug-likeness (QED) is 0.839. The number of hydrogen-bond acceptors (Lipinski definition) is 3. The Kier molecular flexibility index (Phi) is 3.29. The van der Waals surface area contributed by atoms with Crippen LogP contribution in [0, 0.1) is 5.92 Å². The molecule has 0 spiro atoms. The lowest BCUT2D eigenvalue weighted by molar-refractivity contribution is 0.272. The molecule has 1 N–H and O–H groups in total. The third kappa shape index (κ3) is 2.53. The summed E-state index contributed by atoms with van der Waals surface area (Å²) in [5.74, 6) is 0.524. The lowest BCUT2D eigenvalue weighted by atomic mass is 10.4. The molecule has 1 aromatic rings. The minimum absolute atomic E-state index is 0.154. The number of nitrogens with zero attached hydrogens (tertiary/aromatic N) is 2. The Hall–Kier alpha value is -0.850. The molecule has 1 aromatic heterocycles. The molecule has 1 heterocycles. The summed E-state index contributed by atoms with van der Waals surface area (Å²) in [5, 5.41) is 9.06. The van der Waals surface area contributed by atoms with Crippen LogP contribution >= 0.6 is 0 Å². The number of sulfonamides is 1. The van der Waals surface area contributed by atoms with Crippen LogP contribution in [0.25, 0.3) is 0 Å². The summed E-state index contributed by atoms with van der Waals surface area (Å²) in [6, 6.07) is 1.53. The van der Waals surface area contributed by atoms with E-state index in [2.05, 4.69) is 0 Å². The van der Waals surface area contributed by atoms with Gasteiger partial charge < -0.3 is 9.67 Å². The number of rotatable bonds is 5. The maximum Gasteiger partial charge on any atom is 0.244 e. The van der Waals surface area contributed by atoms with E-state index in [-0.39, 0.29) is 11.5 Å². The van der Waals surface area contributed by atoms with E-state index >= 15 is 0 Å². The van der Waals surface area contributed by atoms with Crippen molar-refractivity contribution >= 4 is 10.0 Å². The zero-order chi connectivity index (χ0) is 12.6. The molecule has 0 amide bonds. The van der Waals surface area contributed by atoms with Gasteiger partial charge in [0.15, 0.2) is 0 Å². The Bertz CT molecular complexity index is 503. The highest BCUT2D eigenvalue weighted by atomic mass is 32.2. The van der Waals surface area contributed by atoms with Gasteiger partial charge in [-0.1, -0.05) is 0 Å². The van der Waals surface area contributed by atoms with E-state index in [1.54, 1.807) is 24.9 Å². The third-order valence-electron chi connectivity index (χ3n) is 3.17. The van der Waals surface area contributed by atoms with Crippen molar-refractivity contribution in [3.63, 3.8) is 0 Å². The summed E-state index contributed by atoms with van der Waals surface area (Å²) in [6.07, 6.45) is 3.79. The van der Waals surface area contributed by atoms with Gasteiger partial charge in [-0.25, -0.2) is 12.7 Å². The van der Waals surface area contributed by atoms with Gasteiger partial charge in [0.2, 0.25) is 10.0 Å². The fraction of sp³-hybridized carbons (Fsp3) is 0.636. The minimum atomic E-state index is -3.40. The molecule has 5 nitrogen and oxygen atoms in total. The molecule has 1 fully saturated rings. The van der Waals surface area contributed by atoms with Crippen LogP contribution in [0.5, 0.6) is 0 Å². The molecule has 6 heteroatoms. The van der Waals surface area contributed by atoms with Crippen molar-refractivity contribution in [1.29, 1.82) is 0 Å². The Balaban J connectivity index is 2.23. The predicted octanol–water partition coefficient (Wildman–Crippen LogP) is 0.548. The molecule has 0 aliphatic heterocycles. The third-order valence-corrected chi connectivity index (χ3v) is 4.95. The van der Waals surface area contributed by atoms with E-state index in [0.717, 1.165) is 12.8 Å². The van der Waals surface area contributed by atoms with Crippen molar-refractivity contribution in [3.8, 4) is 0 Å². The fourth-order valence-corrected chi connectivity index (χ4v) is 3.16. The van der Waals surface area contributed by atoms with Crippen LogP contribution in [-0.4, -0.2) is 36.0 Å². The topological polar surface area (TPSA) is 62.5 Å². The van der Waals surface area contributed by atoms with Gasteiger partial charge in [-0.05, 0) is 24.8 Å².